The fourth-order valence-electron chi connectivity index (χ4n) is 4.54. The van der Waals surface area contributed by atoms with E-state index in [4.69, 9.17) is 0 Å². The summed E-state index contributed by atoms with van der Waals surface area (Å²) in [5, 5.41) is 2.88. The predicted octanol–water partition coefficient (Wildman–Crippen LogP) is 3.24. The third kappa shape index (κ3) is 5.78. The van der Waals surface area contributed by atoms with Crippen molar-refractivity contribution in [1.82, 2.24) is 13.5 Å². The fourth-order valence-corrected chi connectivity index (χ4v) is 6.21. The lowest BCUT2D eigenvalue weighted by Gasteiger charge is -2.39. The number of nitrogens with one attached hydrogen (secondary N) is 1. The second kappa shape index (κ2) is 10.7. The number of halogens is 1. The van der Waals surface area contributed by atoms with Crippen LogP contribution in [-0.4, -0.2) is 67.1 Å². The van der Waals surface area contributed by atoms with Gasteiger partial charge in [0, 0.05) is 45.0 Å². The molecule has 2 fully saturated rings. The van der Waals surface area contributed by atoms with Crippen LogP contribution in [0.5, 0.6) is 0 Å². The van der Waals surface area contributed by atoms with Crippen molar-refractivity contribution in [2.45, 2.75) is 31.7 Å². The molecule has 0 radical (unpaired) electrons. The Morgan fingerprint density at radius 3 is 1.97 bits per heavy atom. The molecule has 33 heavy (non-hydrogen) atoms. The minimum absolute atomic E-state index is 0.225. The number of carbonyl (C=O) groups excluding carboxylic acids is 1. The number of amides is 1. The van der Waals surface area contributed by atoms with E-state index in [9.17, 15) is 17.6 Å². The molecule has 4 rings (SSSR count). The summed E-state index contributed by atoms with van der Waals surface area (Å²) in [7, 11) is -3.49. The quantitative estimate of drug-likeness (QED) is 0.698. The van der Waals surface area contributed by atoms with Crippen LogP contribution in [0.1, 0.15) is 37.3 Å². The number of hydrogen-bond donors (Lipinski definition) is 1. The van der Waals surface area contributed by atoms with Crippen LogP contribution in [0.25, 0.3) is 0 Å². The Morgan fingerprint density at radius 2 is 1.36 bits per heavy atom. The summed E-state index contributed by atoms with van der Waals surface area (Å²) >= 11 is 0. The van der Waals surface area contributed by atoms with Gasteiger partial charge in [-0.25, -0.2) is 4.39 Å². The van der Waals surface area contributed by atoms with Gasteiger partial charge < -0.3 is 5.32 Å². The van der Waals surface area contributed by atoms with Gasteiger partial charge in [-0.1, -0.05) is 43.2 Å². The summed E-state index contributed by atoms with van der Waals surface area (Å²) < 4.78 is 42.7. The van der Waals surface area contributed by atoms with E-state index in [1.165, 1.54) is 24.3 Å². The van der Waals surface area contributed by atoms with Crippen LogP contribution >= 0.6 is 0 Å². The molecule has 0 aliphatic carbocycles. The topological polar surface area (TPSA) is 73.0 Å². The van der Waals surface area contributed by atoms with E-state index >= 15 is 0 Å². The molecule has 2 saturated heterocycles. The molecule has 2 aliphatic heterocycles. The Labute approximate surface area is 195 Å². The Bertz CT molecular complexity index is 1020. The van der Waals surface area contributed by atoms with E-state index in [0.717, 1.165) is 31.2 Å². The van der Waals surface area contributed by atoms with Gasteiger partial charge in [-0.2, -0.15) is 17.0 Å². The average Bonchev–Trinajstić information content (AvgIpc) is 3.12. The third-order valence-corrected chi connectivity index (χ3v) is 8.37. The number of benzene rings is 2. The molecule has 7 nitrogen and oxygen atoms in total. The summed E-state index contributed by atoms with van der Waals surface area (Å²) in [6.45, 7) is 2.73. The highest BCUT2D eigenvalue weighted by atomic mass is 32.2. The molecule has 0 bridgehead atoms. The van der Waals surface area contributed by atoms with Gasteiger partial charge in [0.1, 0.15) is 11.9 Å². The van der Waals surface area contributed by atoms with Crippen LogP contribution in [0.15, 0.2) is 54.6 Å². The number of nitrogens with zero attached hydrogens (tertiary/aromatic N) is 3. The van der Waals surface area contributed by atoms with Crippen LogP contribution in [0.4, 0.5) is 10.1 Å². The molecular formula is C24H31FN4O3S. The van der Waals surface area contributed by atoms with Crippen molar-refractivity contribution in [2.24, 2.45) is 0 Å². The van der Waals surface area contributed by atoms with Crippen molar-refractivity contribution < 1.29 is 17.6 Å². The molecular weight excluding hydrogens is 443 g/mol. The van der Waals surface area contributed by atoms with Crippen molar-refractivity contribution >= 4 is 21.8 Å². The Kier molecular flexibility index (Phi) is 7.75. The maximum absolute atomic E-state index is 13.3. The summed E-state index contributed by atoms with van der Waals surface area (Å²) in [5.74, 6) is -0.592. The first-order valence-electron chi connectivity index (χ1n) is 11.6. The first-order chi connectivity index (χ1) is 15.9. The van der Waals surface area contributed by atoms with Gasteiger partial charge in [0.05, 0.1) is 0 Å². The van der Waals surface area contributed by atoms with Gasteiger partial charge in [-0.05, 0) is 42.7 Å². The minimum Gasteiger partial charge on any atom is -0.324 e. The van der Waals surface area contributed by atoms with Crippen LogP contribution in [0.2, 0.25) is 0 Å². The van der Waals surface area contributed by atoms with Crippen molar-refractivity contribution in [3.63, 3.8) is 0 Å². The van der Waals surface area contributed by atoms with E-state index < -0.39 is 16.3 Å². The van der Waals surface area contributed by atoms with Crippen LogP contribution in [-0.2, 0) is 15.0 Å². The maximum atomic E-state index is 13.3. The van der Waals surface area contributed by atoms with Gasteiger partial charge >= 0.3 is 0 Å². The zero-order valence-electron chi connectivity index (χ0n) is 18.7. The zero-order valence-corrected chi connectivity index (χ0v) is 19.5. The minimum atomic E-state index is -3.49. The Morgan fingerprint density at radius 1 is 0.788 bits per heavy atom. The first kappa shape index (κ1) is 23.8. The van der Waals surface area contributed by atoms with Crippen molar-refractivity contribution in [2.75, 3.05) is 44.6 Å². The molecule has 2 heterocycles. The predicted molar refractivity (Wildman–Crippen MR) is 126 cm³/mol. The largest absolute Gasteiger partial charge is 0.324 e. The second-order valence-electron chi connectivity index (χ2n) is 8.57. The molecule has 1 unspecified atom stereocenters. The fraction of sp³-hybridized carbons (Fsp3) is 0.458. The van der Waals surface area contributed by atoms with Gasteiger partial charge in [0.15, 0.2) is 0 Å². The summed E-state index contributed by atoms with van der Waals surface area (Å²) in [4.78, 5) is 15.3. The molecule has 1 atom stereocenters. The molecule has 2 aliphatic rings. The van der Waals surface area contributed by atoms with E-state index in [1.807, 2.05) is 35.2 Å². The molecule has 0 spiro atoms. The first-order valence-corrected chi connectivity index (χ1v) is 13.0. The number of piperazine rings is 1. The van der Waals surface area contributed by atoms with Crippen molar-refractivity contribution in [3.05, 3.63) is 66.0 Å². The molecule has 0 aromatic heterocycles. The molecule has 0 saturated carbocycles. The highest BCUT2D eigenvalue weighted by Gasteiger charge is 2.36. The van der Waals surface area contributed by atoms with Crippen LogP contribution < -0.4 is 5.32 Å². The van der Waals surface area contributed by atoms with Gasteiger partial charge in [0.2, 0.25) is 5.91 Å². The lowest BCUT2D eigenvalue weighted by molar-refractivity contribution is -0.122. The van der Waals surface area contributed by atoms with Gasteiger partial charge in [0.25, 0.3) is 10.2 Å². The monoisotopic (exact) mass is 474 g/mol. The van der Waals surface area contributed by atoms with E-state index in [2.05, 4.69) is 5.32 Å². The summed E-state index contributed by atoms with van der Waals surface area (Å²) in [6.07, 6.45) is 3.95. The van der Waals surface area contributed by atoms with Gasteiger partial charge in [-0.3, -0.25) is 9.69 Å². The third-order valence-electron chi connectivity index (χ3n) is 6.33. The average molecular weight is 475 g/mol. The second-order valence-corrected chi connectivity index (χ2v) is 10.5. The number of carbonyl (C=O) groups is 1. The van der Waals surface area contributed by atoms with Crippen molar-refractivity contribution in [3.8, 4) is 0 Å². The maximum Gasteiger partial charge on any atom is 0.282 e. The molecule has 2 aromatic rings. The lowest BCUT2D eigenvalue weighted by Crippen LogP contribution is -2.54. The van der Waals surface area contributed by atoms with E-state index in [0.29, 0.717) is 45.0 Å². The highest BCUT2D eigenvalue weighted by molar-refractivity contribution is 7.86. The SMILES string of the molecule is O=C(Nc1ccc(F)cc1)C(c1ccccc1)N1CCN(S(=O)(=O)N2CCCCCC2)CC1. The van der Waals surface area contributed by atoms with E-state index in [1.54, 1.807) is 8.61 Å². The standard InChI is InChI=1S/C24H31FN4O3S/c25-21-10-12-22(13-11-21)26-24(30)23(20-8-4-3-5-9-20)27-16-18-29(19-17-27)33(31,32)28-14-6-1-2-7-15-28/h3-5,8-13,23H,1-2,6-7,14-19H2,(H,26,30). The number of anilines is 1. The smallest absolute Gasteiger partial charge is 0.282 e. The zero-order chi connectivity index (χ0) is 23.3. The van der Waals surface area contributed by atoms with Crippen molar-refractivity contribution in [1.29, 1.82) is 0 Å². The van der Waals surface area contributed by atoms with E-state index in [-0.39, 0.29) is 11.7 Å². The number of hydrogen-bond acceptors (Lipinski definition) is 4. The Hall–Kier alpha value is -2.33. The van der Waals surface area contributed by atoms with Gasteiger partial charge in [-0.15, -0.1) is 0 Å². The molecule has 2 aromatic carbocycles. The molecule has 178 valence electrons. The Balaban J connectivity index is 1.47. The van der Waals surface area contributed by atoms with Crippen LogP contribution in [0, 0.1) is 5.82 Å². The summed E-state index contributed by atoms with van der Waals surface area (Å²) in [5.41, 5.74) is 1.35. The number of rotatable bonds is 6. The summed E-state index contributed by atoms with van der Waals surface area (Å²) in [6, 6.07) is 14.6. The lowest BCUT2D eigenvalue weighted by atomic mass is 10.0. The molecule has 1 N–H and O–H groups in total. The highest BCUT2D eigenvalue weighted by Crippen LogP contribution is 2.26. The molecule has 1 amide bonds. The molecule has 9 heteroatoms. The normalized spacial score (nSPS) is 20.2. The van der Waals surface area contributed by atoms with Crippen LogP contribution in [0.3, 0.4) is 0 Å².